The van der Waals surface area contributed by atoms with Gasteiger partial charge in [-0.1, -0.05) is 0 Å². The van der Waals surface area contributed by atoms with Crippen molar-refractivity contribution in [2.45, 2.75) is 6.42 Å². The Morgan fingerprint density at radius 2 is 2.22 bits per heavy atom. The number of nitrogens with one attached hydrogen (secondary N) is 1. The van der Waals surface area contributed by atoms with Gasteiger partial charge in [0.1, 0.15) is 0 Å². The number of carbonyl (C=O) groups excluding carboxylic acids is 2. The first-order valence-corrected chi connectivity index (χ1v) is 5.82. The summed E-state index contributed by atoms with van der Waals surface area (Å²) in [5.74, 6) is -0.832. The zero-order valence-electron chi connectivity index (χ0n) is 9.72. The van der Waals surface area contributed by atoms with Gasteiger partial charge in [-0.2, -0.15) is 0 Å². The van der Waals surface area contributed by atoms with Crippen molar-refractivity contribution in [3.05, 3.63) is 30.5 Å². The Kier molecular flexibility index (Phi) is 2.33. The molecule has 1 aliphatic rings. The van der Waals surface area contributed by atoms with Crippen LogP contribution in [-0.4, -0.2) is 23.3 Å². The largest absolute Gasteiger partial charge is 0.369 e. The van der Waals surface area contributed by atoms with E-state index < -0.39 is 5.91 Å². The number of benzene rings is 1. The second-order valence-electron chi connectivity index (χ2n) is 4.56. The van der Waals surface area contributed by atoms with Gasteiger partial charge in [0.2, 0.25) is 11.8 Å². The van der Waals surface area contributed by atoms with Crippen molar-refractivity contribution >= 4 is 28.4 Å². The van der Waals surface area contributed by atoms with E-state index in [9.17, 15) is 9.59 Å². The third-order valence-electron chi connectivity index (χ3n) is 3.38. The molecule has 0 spiro atoms. The fourth-order valence-corrected chi connectivity index (χ4v) is 2.36. The SMILES string of the molecule is NC(=O)C1CC(=O)N(c2ccc3[nH]ccc3c2)C1. The first-order valence-electron chi connectivity index (χ1n) is 5.82. The van der Waals surface area contributed by atoms with Gasteiger partial charge < -0.3 is 15.6 Å². The molecule has 1 atom stereocenters. The number of carbonyl (C=O) groups is 2. The highest BCUT2D eigenvalue weighted by molar-refractivity contribution is 6.01. The molecule has 0 radical (unpaired) electrons. The van der Waals surface area contributed by atoms with Crippen LogP contribution in [0.3, 0.4) is 0 Å². The van der Waals surface area contributed by atoms with Crippen molar-refractivity contribution in [3.63, 3.8) is 0 Å². The average Bonchev–Trinajstić information content (AvgIpc) is 2.93. The molecule has 2 amide bonds. The number of aromatic amines is 1. The van der Waals surface area contributed by atoms with E-state index in [0.29, 0.717) is 6.54 Å². The molecular formula is C13H13N3O2. The number of hydrogen-bond donors (Lipinski definition) is 2. The highest BCUT2D eigenvalue weighted by Gasteiger charge is 2.33. The number of anilines is 1. The third kappa shape index (κ3) is 1.64. The van der Waals surface area contributed by atoms with Gasteiger partial charge in [-0.3, -0.25) is 9.59 Å². The van der Waals surface area contributed by atoms with Gasteiger partial charge in [-0.25, -0.2) is 0 Å². The lowest BCUT2D eigenvalue weighted by Crippen LogP contribution is -2.28. The second kappa shape index (κ2) is 3.87. The first-order chi connectivity index (χ1) is 8.65. The van der Waals surface area contributed by atoms with Gasteiger partial charge in [0.15, 0.2) is 0 Å². The fourth-order valence-electron chi connectivity index (χ4n) is 2.36. The van der Waals surface area contributed by atoms with Crippen LogP contribution in [0.1, 0.15) is 6.42 Å². The van der Waals surface area contributed by atoms with Crippen LogP contribution in [0, 0.1) is 5.92 Å². The van der Waals surface area contributed by atoms with E-state index >= 15 is 0 Å². The summed E-state index contributed by atoms with van der Waals surface area (Å²) in [5.41, 5.74) is 7.09. The number of hydrogen-bond acceptors (Lipinski definition) is 2. The molecule has 3 rings (SSSR count). The molecule has 92 valence electrons. The molecule has 3 N–H and O–H groups in total. The minimum Gasteiger partial charge on any atom is -0.369 e. The molecule has 2 heterocycles. The summed E-state index contributed by atoms with van der Waals surface area (Å²) in [6, 6.07) is 7.69. The smallest absolute Gasteiger partial charge is 0.227 e. The fraction of sp³-hybridized carbons (Fsp3) is 0.231. The molecule has 0 bridgehead atoms. The number of aromatic nitrogens is 1. The zero-order chi connectivity index (χ0) is 12.7. The lowest BCUT2D eigenvalue weighted by Gasteiger charge is -2.16. The zero-order valence-corrected chi connectivity index (χ0v) is 9.72. The quantitative estimate of drug-likeness (QED) is 0.825. The Morgan fingerprint density at radius 1 is 1.39 bits per heavy atom. The Bertz CT molecular complexity index is 632. The van der Waals surface area contributed by atoms with Crippen molar-refractivity contribution in [1.82, 2.24) is 4.98 Å². The number of nitrogens with two attached hydrogens (primary N) is 1. The summed E-state index contributed by atoms with van der Waals surface area (Å²) in [6.45, 7) is 0.379. The number of fused-ring (bicyclic) bond motifs is 1. The number of H-pyrrole nitrogens is 1. The Labute approximate surface area is 104 Å². The van der Waals surface area contributed by atoms with Gasteiger partial charge in [-0.15, -0.1) is 0 Å². The summed E-state index contributed by atoms with van der Waals surface area (Å²) < 4.78 is 0. The predicted octanol–water partition coefficient (Wildman–Crippen LogP) is 1.01. The minimum absolute atomic E-state index is 0.0475. The number of primary amides is 1. The number of nitrogens with zero attached hydrogens (tertiary/aromatic N) is 1. The predicted molar refractivity (Wildman–Crippen MR) is 68.0 cm³/mol. The van der Waals surface area contributed by atoms with Crippen LogP contribution in [-0.2, 0) is 9.59 Å². The molecular weight excluding hydrogens is 230 g/mol. The lowest BCUT2D eigenvalue weighted by molar-refractivity contribution is -0.123. The molecule has 1 fully saturated rings. The van der Waals surface area contributed by atoms with Crippen LogP contribution in [0.25, 0.3) is 10.9 Å². The maximum Gasteiger partial charge on any atom is 0.227 e. The molecule has 1 saturated heterocycles. The van der Waals surface area contributed by atoms with Crippen molar-refractivity contribution < 1.29 is 9.59 Å². The summed E-state index contributed by atoms with van der Waals surface area (Å²) in [6.07, 6.45) is 2.06. The Morgan fingerprint density at radius 3 is 2.94 bits per heavy atom. The van der Waals surface area contributed by atoms with Crippen LogP contribution in [0.4, 0.5) is 5.69 Å². The van der Waals surface area contributed by atoms with Crippen molar-refractivity contribution in [2.24, 2.45) is 11.7 Å². The highest BCUT2D eigenvalue weighted by Crippen LogP contribution is 2.27. The monoisotopic (exact) mass is 243 g/mol. The molecule has 1 aromatic heterocycles. The van der Waals surface area contributed by atoms with Crippen LogP contribution in [0.2, 0.25) is 0 Å². The number of amides is 2. The van der Waals surface area contributed by atoms with E-state index in [2.05, 4.69) is 4.98 Å². The van der Waals surface area contributed by atoms with Crippen molar-refractivity contribution in [2.75, 3.05) is 11.4 Å². The normalized spacial score (nSPS) is 19.7. The standard InChI is InChI=1S/C13H13N3O2/c14-13(18)9-6-12(17)16(7-9)10-1-2-11-8(5-10)3-4-15-11/h1-5,9,15H,6-7H2,(H2,14,18). The summed E-state index contributed by atoms with van der Waals surface area (Å²) in [4.78, 5) is 27.7. The van der Waals surface area contributed by atoms with Gasteiger partial charge in [-0.05, 0) is 24.3 Å². The number of rotatable bonds is 2. The first kappa shape index (κ1) is 10.8. The molecule has 0 saturated carbocycles. The molecule has 0 aliphatic carbocycles. The summed E-state index contributed by atoms with van der Waals surface area (Å²) in [7, 11) is 0. The van der Waals surface area contributed by atoms with Gasteiger partial charge in [0.05, 0.1) is 5.92 Å². The molecule has 2 aromatic rings. The molecule has 1 unspecified atom stereocenters. The van der Waals surface area contributed by atoms with Gasteiger partial charge >= 0.3 is 0 Å². The minimum atomic E-state index is -0.409. The van der Waals surface area contributed by atoms with E-state index in [1.165, 1.54) is 0 Å². The van der Waals surface area contributed by atoms with Gasteiger partial charge in [0, 0.05) is 35.8 Å². The molecule has 5 nitrogen and oxygen atoms in total. The van der Waals surface area contributed by atoms with E-state index in [4.69, 9.17) is 5.73 Å². The van der Waals surface area contributed by atoms with E-state index in [1.807, 2.05) is 30.5 Å². The van der Waals surface area contributed by atoms with E-state index in [1.54, 1.807) is 4.90 Å². The third-order valence-corrected chi connectivity index (χ3v) is 3.38. The Balaban J connectivity index is 1.94. The van der Waals surface area contributed by atoms with E-state index in [-0.39, 0.29) is 18.2 Å². The van der Waals surface area contributed by atoms with Crippen LogP contribution >= 0.6 is 0 Å². The molecule has 18 heavy (non-hydrogen) atoms. The van der Waals surface area contributed by atoms with Crippen LogP contribution < -0.4 is 10.6 Å². The molecule has 1 aliphatic heterocycles. The van der Waals surface area contributed by atoms with Crippen LogP contribution in [0.15, 0.2) is 30.5 Å². The highest BCUT2D eigenvalue weighted by atomic mass is 16.2. The van der Waals surface area contributed by atoms with Crippen molar-refractivity contribution in [1.29, 1.82) is 0 Å². The average molecular weight is 243 g/mol. The Hall–Kier alpha value is -2.30. The summed E-state index contributed by atoms with van der Waals surface area (Å²) >= 11 is 0. The summed E-state index contributed by atoms with van der Waals surface area (Å²) in [5, 5.41) is 1.04. The van der Waals surface area contributed by atoms with Crippen molar-refractivity contribution in [3.8, 4) is 0 Å². The van der Waals surface area contributed by atoms with Gasteiger partial charge in [0.25, 0.3) is 0 Å². The second-order valence-corrected chi connectivity index (χ2v) is 4.56. The maximum absolute atomic E-state index is 11.9. The maximum atomic E-state index is 11.9. The topological polar surface area (TPSA) is 79.2 Å². The molecule has 5 heteroatoms. The van der Waals surface area contributed by atoms with Crippen LogP contribution in [0.5, 0.6) is 0 Å². The van der Waals surface area contributed by atoms with E-state index in [0.717, 1.165) is 16.6 Å². The lowest BCUT2D eigenvalue weighted by atomic mass is 10.1. The molecule has 1 aromatic carbocycles.